The molecule has 20 heavy (non-hydrogen) atoms. The van der Waals surface area contributed by atoms with Crippen molar-refractivity contribution in [2.24, 2.45) is 0 Å². The van der Waals surface area contributed by atoms with Crippen molar-refractivity contribution in [1.82, 2.24) is 5.32 Å². The van der Waals surface area contributed by atoms with Crippen molar-refractivity contribution in [1.29, 1.82) is 0 Å². The van der Waals surface area contributed by atoms with E-state index in [4.69, 9.17) is 0 Å². The fourth-order valence-electron chi connectivity index (χ4n) is 1.81. The average Bonchev–Trinajstić information content (AvgIpc) is 2.44. The minimum Gasteiger partial charge on any atom is -0.480 e. The Morgan fingerprint density at radius 3 is 2.25 bits per heavy atom. The lowest BCUT2D eigenvalue weighted by Gasteiger charge is -2.27. The summed E-state index contributed by atoms with van der Waals surface area (Å²) in [6, 6.07) is 5.64. The molecule has 0 saturated heterocycles. The minimum absolute atomic E-state index is 0.301. The van der Waals surface area contributed by atoms with Crippen LogP contribution in [0.15, 0.2) is 30.3 Å². The van der Waals surface area contributed by atoms with Gasteiger partial charge in [-0.15, -0.1) is 0 Å². The van der Waals surface area contributed by atoms with E-state index >= 15 is 0 Å². The van der Waals surface area contributed by atoms with E-state index in [1.54, 1.807) is 13.8 Å². The molecule has 0 aliphatic rings. The molecule has 0 spiro atoms. The van der Waals surface area contributed by atoms with E-state index in [1.165, 1.54) is 36.4 Å². The van der Waals surface area contributed by atoms with Gasteiger partial charge in [-0.25, -0.2) is 9.18 Å². The number of nitrogens with one attached hydrogen (secondary N) is 1. The van der Waals surface area contributed by atoms with Crippen LogP contribution in [-0.2, 0) is 9.59 Å². The summed E-state index contributed by atoms with van der Waals surface area (Å²) in [7, 11) is 0. The molecule has 0 aromatic heterocycles. The molecule has 1 rings (SSSR count). The smallest absolute Gasteiger partial charge is 0.329 e. The van der Waals surface area contributed by atoms with Gasteiger partial charge in [0.2, 0.25) is 5.91 Å². The molecule has 1 aromatic carbocycles. The molecule has 4 nitrogen and oxygen atoms in total. The predicted octanol–water partition coefficient (Wildman–Crippen LogP) is 2.60. The zero-order valence-corrected chi connectivity index (χ0v) is 11.5. The molecule has 0 heterocycles. The van der Waals surface area contributed by atoms with Gasteiger partial charge in [-0.05, 0) is 36.6 Å². The summed E-state index contributed by atoms with van der Waals surface area (Å²) in [5.41, 5.74) is -0.583. The molecule has 0 radical (unpaired) electrons. The summed E-state index contributed by atoms with van der Waals surface area (Å²) in [5, 5.41) is 11.7. The van der Waals surface area contributed by atoms with E-state index in [1.807, 2.05) is 0 Å². The Bertz CT molecular complexity index is 504. The lowest BCUT2D eigenvalue weighted by atomic mass is 9.93. The standard InChI is InChI=1S/C15H18FNO3/c1-3-15(4-2,14(19)20)17-13(18)10-7-11-5-8-12(16)9-6-11/h5-10H,3-4H2,1-2H3,(H,17,18)(H,19,20). The van der Waals surface area contributed by atoms with Crippen molar-refractivity contribution >= 4 is 18.0 Å². The van der Waals surface area contributed by atoms with Gasteiger partial charge in [0, 0.05) is 6.08 Å². The number of carbonyl (C=O) groups is 2. The molecule has 0 unspecified atom stereocenters. The summed E-state index contributed by atoms with van der Waals surface area (Å²) < 4.78 is 12.7. The molecule has 108 valence electrons. The van der Waals surface area contributed by atoms with Gasteiger partial charge in [0.1, 0.15) is 11.4 Å². The van der Waals surface area contributed by atoms with Crippen molar-refractivity contribution in [3.63, 3.8) is 0 Å². The van der Waals surface area contributed by atoms with Crippen LogP contribution in [0.3, 0.4) is 0 Å². The van der Waals surface area contributed by atoms with Crippen LogP contribution in [0.4, 0.5) is 4.39 Å². The molecule has 0 bridgehead atoms. The van der Waals surface area contributed by atoms with Crippen molar-refractivity contribution in [3.05, 3.63) is 41.7 Å². The zero-order valence-electron chi connectivity index (χ0n) is 11.5. The summed E-state index contributed by atoms with van der Waals surface area (Å²) in [6.07, 6.45) is 3.35. The van der Waals surface area contributed by atoms with Crippen molar-refractivity contribution in [2.75, 3.05) is 0 Å². The maximum Gasteiger partial charge on any atom is 0.329 e. The Hall–Kier alpha value is -2.17. The molecule has 0 aliphatic heterocycles. The number of carboxylic acid groups (broad SMARTS) is 1. The summed E-state index contributed by atoms with van der Waals surface area (Å²) in [6.45, 7) is 3.42. The third kappa shape index (κ3) is 3.91. The van der Waals surface area contributed by atoms with E-state index in [0.29, 0.717) is 18.4 Å². The minimum atomic E-state index is -1.25. The number of hydrogen-bond acceptors (Lipinski definition) is 2. The molecule has 1 aromatic rings. The SMILES string of the molecule is CCC(CC)(NC(=O)C=Cc1ccc(F)cc1)C(=O)O. The molecule has 5 heteroatoms. The summed E-state index contributed by atoms with van der Waals surface area (Å²) >= 11 is 0. The van der Waals surface area contributed by atoms with E-state index in [9.17, 15) is 19.1 Å². The number of rotatable bonds is 6. The quantitative estimate of drug-likeness (QED) is 0.787. The molecule has 0 aliphatic carbocycles. The highest BCUT2D eigenvalue weighted by atomic mass is 19.1. The maximum absolute atomic E-state index is 12.7. The van der Waals surface area contributed by atoms with Gasteiger partial charge in [0.25, 0.3) is 0 Å². The number of hydrogen-bond donors (Lipinski definition) is 2. The number of benzene rings is 1. The van der Waals surface area contributed by atoms with Crippen molar-refractivity contribution in [2.45, 2.75) is 32.2 Å². The molecule has 0 fully saturated rings. The van der Waals surface area contributed by atoms with Gasteiger partial charge in [-0.2, -0.15) is 0 Å². The molecule has 0 atom stereocenters. The Morgan fingerprint density at radius 1 is 1.25 bits per heavy atom. The highest BCUT2D eigenvalue weighted by Crippen LogP contribution is 2.15. The fourth-order valence-corrected chi connectivity index (χ4v) is 1.81. The Morgan fingerprint density at radius 2 is 1.80 bits per heavy atom. The Kier molecular flexibility index (Phi) is 5.43. The monoisotopic (exact) mass is 279 g/mol. The molecular weight excluding hydrogens is 261 g/mol. The van der Waals surface area contributed by atoms with Crippen LogP contribution in [0, 0.1) is 5.82 Å². The van der Waals surface area contributed by atoms with Gasteiger partial charge in [-0.1, -0.05) is 26.0 Å². The lowest BCUT2D eigenvalue weighted by Crippen LogP contribution is -2.53. The Labute approximate surface area is 117 Å². The second-order valence-corrected chi connectivity index (χ2v) is 4.47. The van der Waals surface area contributed by atoms with Gasteiger partial charge < -0.3 is 10.4 Å². The molecule has 1 amide bonds. The summed E-state index contributed by atoms with van der Waals surface area (Å²) in [4.78, 5) is 23.0. The van der Waals surface area contributed by atoms with Crippen molar-refractivity contribution < 1.29 is 19.1 Å². The highest BCUT2D eigenvalue weighted by Gasteiger charge is 2.35. The van der Waals surface area contributed by atoms with E-state index in [0.717, 1.165) is 0 Å². The first-order valence-corrected chi connectivity index (χ1v) is 6.42. The van der Waals surface area contributed by atoms with Crippen LogP contribution in [0.25, 0.3) is 6.08 Å². The number of carbonyl (C=O) groups excluding carboxylic acids is 1. The third-order valence-electron chi connectivity index (χ3n) is 3.28. The number of halogens is 1. The molecular formula is C15H18FNO3. The first-order chi connectivity index (χ1) is 9.43. The van der Waals surface area contributed by atoms with Gasteiger partial charge >= 0.3 is 5.97 Å². The van der Waals surface area contributed by atoms with E-state index in [2.05, 4.69) is 5.32 Å². The van der Waals surface area contributed by atoms with Crippen molar-refractivity contribution in [3.8, 4) is 0 Å². The second kappa shape index (κ2) is 6.84. The van der Waals surface area contributed by atoms with E-state index < -0.39 is 17.4 Å². The number of aliphatic carboxylic acids is 1. The molecule has 2 N–H and O–H groups in total. The van der Waals surface area contributed by atoms with Gasteiger partial charge in [-0.3, -0.25) is 4.79 Å². The predicted molar refractivity (Wildman–Crippen MR) is 74.5 cm³/mol. The Balaban J connectivity index is 2.76. The topological polar surface area (TPSA) is 66.4 Å². The van der Waals surface area contributed by atoms with Crippen LogP contribution in [-0.4, -0.2) is 22.5 Å². The molecule has 0 saturated carbocycles. The second-order valence-electron chi connectivity index (χ2n) is 4.47. The summed E-state index contributed by atoms with van der Waals surface area (Å²) in [5.74, 6) is -1.89. The highest BCUT2D eigenvalue weighted by molar-refractivity contribution is 5.95. The normalized spacial score (nSPS) is 11.6. The van der Waals surface area contributed by atoms with Crippen LogP contribution in [0.5, 0.6) is 0 Å². The first kappa shape index (κ1) is 15.9. The van der Waals surface area contributed by atoms with Crippen LogP contribution in [0.2, 0.25) is 0 Å². The number of amides is 1. The lowest BCUT2D eigenvalue weighted by molar-refractivity contribution is -0.147. The zero-order chi connectivity index (χ0) is 15.2. The van der Waals surface area contributed by atoms with Crippen LogP contribution < -0.4 is 5.32 Å². The van der Waals surface area contributed by atoms with Crippen LogP contribution in [0.1, 0.15) is 32.3 Å². The van der Waals surface area contributed by atoms with Gasteiger partial charge in [0.15, 0.2) is 0 Å². The maximum atomic E-state index is 12.7. The van der Waals surface area contributed by atoms with Gasteiger partial charge in [0.05, 0.1) is 0 Å². The largest absolute Gasteiger partial charge is 0.480 e. The van der Waals surface area contributed by atoms with E-state index in [-0.39, 0.29) is 5.82 Å². The average molecular weight is 279 g/mol. The van der Waals surface area contributed by atoms with Crippen LogP contribution >= 0.6 is 0 Å². The fraction of sp³-hybridized carbons (Fsp3) is 0.333. The number of carboxylic acids is 1. The third-order valence-corrected chi connectivity index (χ3v) is 3.28. The first-order valence-electron chi connectivity index (χ1n) is 6.42.